The van der Waals surface area contributed by atoms with Gasteiger partial charge in [0.15, 0.2) is 0 Å². The third-order valence-corrected chi connectivity index (χ3v) is 3.94. The van der Waals surface area contributed by atoms with Crippen LogP contribution in [0.1, 0.15) is 31.7 Å². The molecule has 0 saturated carbocycles. The number of likely N-dealkylation sites (tertiary alicyclic amines) is 1. The number of ether oxygens (including phenoxy) is 1. The molecule has 108 valence electrons. The Morgan fingerprint density at radius 1 is 1.35 bits per heavy atom. The van der Waals surface area contributed by atoms with Crippen LogP contribution in [-0.2, 0) is 20.9 Å². The van der Waals surface area contributed by atoms with Gasteiger partial charge in [-0.05, 0) is 18.4 Å². The van der Waals surface area contributed by atoms with Crippen LogP contribution in [-0.4, -0.2) is 30.4 Å². The fourth-order valence-electron chi connectivity index (χ4n) is 2.76. The summed E-state index contributed by atoms with van der Waals surface area (Å²) in [6.45, 7) is 3.23. The van der Waals surface area contributed by atoms with Gasteiger partial charge < -0.3 is 9.64 Å². The zero-order valence-electron chi connectivity index (χ0n) is 12.1. The zero-order valence-corrected chi connectivity index (χ0v) is 12.1. The number of nitrogens with zero attached hydrogens (tertiary/aromatic N) is 1. The minimum Gasteiger partial charge on any atom is -0.469 e. The van der Waals surface area contributed by atoms with E-state index in [1.165, 1.54) is 7.11 Å². The molecule has 0 aliphatic carbocycles. The molecule has 1 aliphatic rings. The SMILES string of the molecule is COC(=O)CC1(C)CCCN(Cc2ccccc2)C1=O. The quantitative estimate of drug-likeness (QED) is 0.793. The maximum absolute atomic E-state index is 12.6. The number of methoxy groups -OCH3 is 1. The number of amides is 1. The number of carbonyl (C=O) groups excluding carboxylic acids is 2. The van der Waals surface area contributed by atoms with E-state index in [-0.39, 0.29) is 18.3 Å². The minimum absolute atomic E-state index is 0.0537. The highest BCUT2D eigenvalue weighted by atomic mass is 16.5. The highest BCUT2D eigenvalue weighted by molar-refractivity contribution is 5.87. The normalized spacial score (nSPS) is 22.7. The van der Waals surface area contributed by atoms with Gasteiger partial charge >= 0.3 is 5.97 Å². The Labute approximate surface area is 119 Å². The summed E-state index contributed by atoms with van der Waals surface area (Å²) in [6, 6.07) is 9.93. The molecule has 0 bridgehead atoms. The second-order valence-electron chi connectivity index (χ2n) is 5.63. The molecule has 4 nitrogen and oxygen atoms in total. The van der Waals surface area contributed by atoms with Crippen molar-refractivity contribution in [3.05, 3.63) is 35.9 Å². The van der Waals surface area contributed by atoms with Gasteiger partial charge in [-0.2, -0.15) is 0 Å². The second kappa shape index (κ2) is 6.07. The number of benzene rings is 1. The summed E-state index contributed by atoms with van der Waals surface area (Å²) in [5.41, 5.74) is 0.489. The predicted molar refractivity (Wildman–Crippen MR) is 75.8 cm³/mol. The molecule has 1 amide bonds. The van der Waals surface area contributed by atoms with Gasteiger partial charge in [0.1, 0.15) is 0 Å². The standard InChI is InChI=1S/C16H21NO3/c1-16(11-14(18)20-2)9-6-10-17(15(16)19)12-13-7-4-3-5-8-13/h3-5,7-8H,6,9-12H2,1-2H3. The molecule has 1 saturated heterocycles. The molecule has 1 unspecified atom stereocenters. The van der Waals surface area contributed by atoms with Crippen LogP contribution >= 0.6 is 0 Å². The molecule has 1 atom stereocenters. The largest absolute Gasteiger partial charge is 0.469 e. The molecule has 0 N–H and O–H groups in total. The Morgan fingerprint density at radius 2 is 2.05 bits per heavy atom. The van der Waals surface area contributed by atoms with Crippen LogP contribution in [0.2, 0.25) is 0 Å². The van der Waals surface area contributed by atoms with Crippen molar-refractivity contribution in [2.45, 2.75) is 32.7 Å². The first kappa shape index (κ1) is 14.6. The molecular weight excluding hydrogens is 254 g/mol. The molecule has 4 heteroatoms. The number of rotatable bonds is 4. The van der Waals surface area contributed by atoms with Crippen LogP contribution in [0, 0.1) is 5.41 Å². The lowest BCUT2D eigenvalue weighted by atomic mass is 9.78. The second-order valence-corrected chi connectivity index (χ2v) is 5.63. The van der Waals surface area contributed by atoms with Crippen LogP contribution in [0.5, 0.6) is 0 Å². The lowest BCUT2D eigenvalue weighted by Gasteiger charge is -2.39. The Kier molecular flexibility index (Phi) is 4.42. The fraction of sp³-hybridized carbons (Fsp3) is 0.500. The monoisotopic (exact) mass is 275 g/mol. The van der Waals surface area contributed by atoms with Crippen molar-refractivity contribution in [3.63, 3.8) is 0 Å². The van der Waals surface area contributed by atoms with Gasteiger partial charge in [-0.1, -0.05) is 37.3 Å². The van der Waals surface area contributed by atoms with E-state index in [0.717, 1.165) is 24.9 Å². The van der Waals surface area contributed by atoms with E-state index in [4.69, 9.17) is 4.74 Å². The van der Waals surface area contributed by atoms with Crippen molar-refractivity contribution < 1.29 is 14.3 Å². The third-order valence-electron chi connectivity index (χ3n) is 3.94. The maximum atomic E-state index is 12.6. The summed E-state index contributed by atoms with van der Waals surface area (Å²) in [4.78, 5) is 26.0. The average Bonchev–Trinajstić information content (AvgIpc) is 2.45. The van der Waals surface area contributed by atoms with Crippen LogP contribution in [0.15, 0.2) is 30.3 Å². The predicted octanol–water partition coefficient (Wildman–Crippen LogP) is 2.38. The van der Waals surface area contributed by atoms with E-state index in [1.54, 1.807) is 0 Å². The minimum atomic E-state index is -0.625. The summed E-state index contributed by atoms with van der Waals surface area (Å²) in [6.07, 6.45) is 1.83. The van der Waals surface area contributed by atoms with Gasteiger partial charge in [0.2, 0.25) is 5.91 Å². The van der Waals surface area contributed by atoms with E-state index in [2.05, 4.69) is 0 Å². The maximum Gasteiger partial charge on any atom is 0.306 e. The van der Waals surface area contributed by atoms with Crippen LogP contribution in [0.4, 0.5) is 0 Å². The molecule has 0 radical (unpaired) electrons. The van der Waals surface area contributed by atoms with Gasteiger partial charge in [-0.25, -0.2) is 0 Å². The zero-order chi connectivity index (χ0) is 14.6. The molecule has 1 aliphatic heterocycles. The highest BCUT2D eigenvalue weighted by Gasteiger charge is 2.41. The summed E-state index contributed by atoms with van der Waals surface area (Å²) >= 11 is 0. The van der Waals surface area contributed by atoms with Crippen molar-refractivity contribution in [3.8, 4) is 0 Å². The van der Waals surface area contributed by atoms with E-state index >= 15 is 0 Å². The Hall–Kier alpha value is -1.84. The summed E-state index contributed by atoms with van der Waals surface area (Å²) in [7, 11) is 1.36. The molecule has 0 spiro atoms. The number of carbonyl (C=O) groups is 2. The van der Waals surface area contributed by atoms with E-state index in [1.807, 2.05) is 42.2 Å². The van der Waals surface area contributed by atoms with Gasteiger partial charge in [0, 0.05) is 13.1 Å². The smallest absolute Gasteiger partial charge is 0.306 e. The van der Waals surface area contributed by atoms with Gasteiger partial charge in [0.25, 0.3) is 0 Å². The van der Waals surface area contributed by atoms with Gasteiger partial charge in [-0.3, -0.25) is 9.59 Å². The molecule has 1 aromatic carbocycles. The Bertz CT molecular complexity index is 486. The lowest BCUT2D eigenvalue weighted by molar-refractivity contribution is -0.155. The molecule has 2 rings (SSSR count). The number of esters is 1. The van der Waals surface area contributed by atoms with Crippen molar-refractivity contribution in [2.75, 3.05) is 13.7 Å². The molecule has 1 heterocycles. The summed E-state index contributed by atoms with van der Waals surface area (Å²) in [5.74, 6) is -0.264. The molecule has 0 aromatic heterocycles. The lowest BCUT2D eigenvalue weighted by Crippen LogP contribution is -2.47. The van der Waals surface area contributed by atoms with Crippen molar-refractivity contribution >= 4 is 11.9 Å². The van der Waals surface area contributed by atoms with E-state index in [9.17, 15) is 9.59 Å². The third kappa shape index (κ3) is 3.18. The first-order valence-electron chi connectivity index (χ1n) is 6.95. The molecular formula is C16H21NO3. The average molecular weight is 275 g/mol. The molecule has 20 heavy (non-hydrogen) atoms. The Balaban J connectivity index is 2.08. The molecule has 1 fully saturated rings. The van der Waals surface area contributed by atoms with Crippen molar-refractivity contribution in [2.24, 2.45) is 5.41 Å². The van der Waals surface area contributed by atoms with E-state index < -0.39 is 5.41 Å². The first-order chi connectivity index (χ1) is 9.55. The number of hydrogen-bond donors (Lipinski definition) is 0. The fourth-order valence-corrected chi connectivity index (χ4v) is 2.76. The highest BCUT2D eigenvalue weighted by Crippen LogP contribution is 2.35. The van der Waals surface area contributed by atoms with Crippen LogP contribution in [0.25, 0.3) is 0 Å². The Morgan fingerprint density at radius 3 is 2.70 bits per heavy atom. The van der Waals surface area contributed by atoms with Crippen LogP contribution < -0.4 is 0 Å². The molecule has 1 aromatic rings. The van der Waals surface area contributed by atoms with E-state index in [0.29, 0.717) is 6.54 Å². The van der Waals surface area contributed by atoms with Crippen LogP contribution in [0.3, 0.4) is 0 Å². The van der Waals surface area contributed by atoms with Crippen molar-refractivity contribution in [1.29, 1.82) is 0 Å². The first-order valence-corrected chi connectivity index (χ1v) is 6.95. The van der Waals surface area contributed by atoms with Crippen molar-refractivity contribution in [1.82, 2.24) is 4.90 Å². The summed E-state index contributed by atoms with van der Waals surface area (Å²) < 4.78 is 4.71. The van der Waals surface area contributed by atoms with Gasteiger partial charge in [0.05, 0.1) is 18.9 Å². The number of hydrogen-bond acceptors (Lipinski definition) is 3. The topological polar surface area (TPSA) is 46.6 Å². The number of piperidine rings is 1. The summed E-state index contributed by atoms with van der Waals surface area (Å²) in [5, 5.41) is 0. The van der Waals surface area contributed by atoms with Gasteiger partial charge in [-0.15, -0.1) is 0 Å².